The van der Waals surface area contributed by atoms with E-state index < -0.39 is 0 Å². The zero-order chi connectivity index (χ0) is 11.0. The van der Waals surface area contributed by atoms with Crippen molar-refractivity contribution in [1.29, 1.82) is 0 Å². The maximum atomic E-state index is 10.1. The van der Waals surface area contributed by atoms with Crippen LogP contribution in [0.2, 0.25) is 5.02 Å². The first-order valence-electron chi connectivity index (χ1n) is 5.03. The van der Waals surface area contributed by atoms with Crippen molar-refractivity contribution in [2.75, 3.05) is 0 Å². The number of halogens is 1. The molecule has 0 radical (unpaired) electrons. The molecule has 2 aromatic rings. The highest BCUT2D eigenvalue weighted by molar-refractivity contribution is 6.35. The number of aromatic hydroxyl groups is 1. The zero-order valence-electron chi connectivity index (χ0n) is 8.80. The van der Waals surface area contributed by atoms with E-state index in [1.807, 2.05) is 6.92 Å². The average molecular weight is 225 g/mol. The standard InChI is InChI=1S/C12H13ClO2/c1-3-4-8-5-9(13)12-10(11(8)14)7(2)6-15-12/h5-6,14H,3-4H2,1-2H3. The highest BCUT2D eigenvalue weighted by Crippen LogP contribution is 2.37. The van der Waals surface area contributed by atoms with Crippen LogP contribution >= 0.6 is 11.6 Å². The topological polar surface area (TPSA) is 33.4 Å². The van der Waals surface area contributed by atoms with Crippen molar-refractivity contribution < 1.29 is 9.52 Å². The second-order valence-corrected chi connectivity index (χ2v) is 4.15. The molecule has 1 aromatic carbocycles. The van der Waals surface area contributed by atoms with Gasteiger partial charge in [0.2, 0.25) is 0 Å². The third-order valence-corrected chi connectivity index (χ3v) is 2.83. The molecule has 0 aliphatic heterocycles. The van der Waals surface area contributed by atoms with Crippen molar-refractivity contribution in [3.8, 4) is 5.75 Å². The van der Waals surface area contributed by atoms with E-state index in [9.17, 15) is 5.11 Å². The van der Waals surface area contributed by atoms with Gasteiger partial charge >= 0.3 is 0 Å². The molecule has 0 atom stereocenters. The lowest BCUT2D eigenvalue weighted by Gasteiger charge is -2.05. The van der Waals surface area contributed by atoms with E-state index in [2.05, 4.69) is 6.92 Å². The fourth-order valence-electron chi connectivity index (χ4n) is 1.82. The number of phenols is 1. The minimum atomic E-state index is 0.308. The van der Waals surface area contributed by atoms with Crippen LogP contribution in [0.4, 0.5) is 0 Å². The maximum Gasteiger partial charge on any atom is 0.156 e. The normalized spacial score (nSPS) is 11.1. The van der Waals surface area contributed by atoms with Crippen molar-refractivity contribution in [1.82, 2.24) is 0 Å². The van der Waals surface area contributed by atoms with E-state index in [1.165, 1.54) is 0 Å². The number of phenolic OH excluding ortho intramolecular Hbond substituents is 1. The fraction of sp³-hybridized carbons (Fsp3) is 0.333. The number of rotatable bonds is 2. The summed E-state index contributed by atoms with van der Waals surface area (Å²) in [4.78, 5) is 0. The van der Waals surface area contributed by atoms with Gasteiger partial charge in [-0.15, -0.1) is 0 Å². The van der Waals surface area contributed by atoms with Crippen LogP contribution in [-0.2, 0) is 6.42 Å². The Balaban J connectivity index is 2.76. The smallest absolute Gasteiger partial charge is 0.156 e. The second-order valence-electron chi connectivity index (χ2n) is 3.74. The average Bonchev–Trinajstić information content (AvgIpc) is 2.57. The Morgan fingerprint density at radius 1 is 1.47 bits per heavy atom. The van der Waals surface area contributed by atoms with Crippen LogP contribution in [0, 0.1) is 6.92 Å². The van der Waals surface area contributed by atoms with Gasteiger partial charge in [0.1, 0.15) is 5.75 Å². The molecule has 0 saturated heterocycles. The van der Waals surface area contributed by atoms with Crippen molar-refractivity contribution in [2.24, 2.45) is 0 Å². The molecule has 0 fully saturated rings. The van der Waals surface area contributed by atoms with Gasteiger partial charge in [0.05, 0.1) is 16.7 Å². The molecular weight excluding hydrogens is 212 g/mol. The Hall–Kier alpha value is -1.15. The molecule has 1 N–H and O–H groups in total. The predicted octanol–water partition coefficient (Wildman–Crippen LogP) is 4.05. The SMILES string of the molecule is CCCc1cc(Cl)c2occ(C)c2c1O. The largest absolute Gasteiger partial charge is 0.507 e. The Labute approximate surface area is 93.5 Å². The van der Waals surface area contributed by atoms with E-state index >= 15 is 0 Å². The van der Waals surface area contributed by atoms with Crippen molar-refractivity contribution >= 4 is 22.6 Å². The zero-order valence-corrected chi connectivity index (χ0v) is 9.56. The summed E-state index contributed by atoms with van der Waals surface area (Å²) in [7, 11) is 0. The summed E-state index contributed by atoms with van der Waals surface area (Å²) in [5, 5.41) is 11.4. The number of furan rings is 1. The van der Waals surface area contributed by atoms with E-state index in [-0.39, 0.29) is 0 Å². The van der Waals surface area contributed by atoms with E-state index in [0.717, 1.165) is 29.4 Å². The summed E-state index contributed by atoms with van der Waals surface area (Å²) >= 11 is 6.08. The summed E-state index contributed by atoms with van der Waals surface area (Å²) < 4.78 is 5.30. The first-order chi connectivity index (χ1) is 7.15. The van der Waals surface area contributed by atoms with Crippen LogP contribution in [0.15, 0.2) is 16.7 Å². The molecule has 0 spiro atoms. The van der Waals surface area contributed by atoms with Gasteiger partial charge < -0.3 is 9.52 Å². The summed E-state index contributed by atoms with van der Waals surface area (Å²) in [6.45, 7) is 3.97. The van der Waals surface area contributed by atoms with Gasteiger partial charge in [-0.3, -0.25) is 0 Å². The summed E-state index contributed by atoms with van der Waals surface area (Å²) in [6.07, 6.45) is 3.42. The van der Waals surface area contributed by atoms with Crippen LogP contribution in [0.5, 0.6) is 5.75 Å². The number of aryl methyl sites for hydroxylation is 2. The molecule has 0 aliphatic rings. The molecule has 0 unspecified atom stereocenters. The van der Waals surface area contributed by atoms with Gasteiger partial charge in [0.25, 0.3) is 0 Å². The fourth-order valence-corrected chi connectivity index (χ4v) is 2.09. The molecule has 0 saturated carbocycles. The van der Waals surface area contributed by atoms with E-state index in [4.69, 9.17) is 16.0 Å². The quantitative estimate of drug-likeness (QED) is 0.835. The monoisotopic (exact) mass is 224 g/mol. The molecule has 3 heteroatoms. The van der Waals surface area contributed by atoms with E-state index in [1.54, 1.807) is 12.3 Å². The highest BCUT2D eigenvalue weighted by Gasteiger charge is 2.14. The number of hydrogen-bond acceptors (Lipinski definition) is 2. The Morgan fingerprint density at radius 3 is 2.87 bits per heavy atom. The lowest BCUT2D eigenvalue weighted by Crippen LogP contribution is -1.86. The molecule has 1 aromatic heterocycles. The minimum Gasteiger partial charge on any atom is -0.507 e. The highest BCUT2D eigenvalue weighted by atomic mass is 35.5. The first kappa shape index (κ1) is 10.4. The van der Waals surface area contributed by atoms with Gasteiger partial charge in [0, 0.05) is 0 Å². The number of fused-ring (bicyclic) bond motifs is 1. The van der Waals surface area contributed by atoms with Gasteiger partial charge in [-0.05, 0) is 30.5 Å². The van der Waals surface area contributed by atoms with Crippen LogP contribution in [0.3, 0.4) is 0 Å². The van der Waals surface area contributed by atoms with Gasteiger partial charge in [-0.1, -0.05) is 24.9 Å². The van der Waals surface area contributed by atoms with Crippen LogP contribution in [-0.4, -0.2) is 5.11 Å². The van der Waals surface area contributed by atoms with E-state index in [0.29, 0.717) is 16.4 Å². The minimum absolute atomic E-state index is 0.308. The Kier molecular flexibility index (Phi) is 2.61. The van der Waals surface area contributed by atoms with Crippen molar-refractivity contribution in [3.63, 3.8) is 0 Å². The van der Waals surface area contributed by atoms with Gasteiger partial charge in [-0.25, -0.2) is 0 Å². The molecule has 15 heavy (non-hydrogen) atoms. The van der Waals surface area contributed by atoms with Gasteiger partial charge in [-0.2, -0.15) is 0 Å². The molecule has 1 heterocycles. The number of benzene rings is 1. The maximum absolute atomic E-state index is 10.1. The lowest BCUT2D eigenvalue weighted by atomic mass is 10.0. The predicted molar refractivity (Wildman–Crippen MR) is 61.6 cm³/mol. The lowest BCUT2D eigenvalue weighted by molar-refractivity contribution is 0.473. The molecule has 0 aliphatic carbocycles. The van der Waals surface area contributed by atoms with Crippen LogP contribution < -0.4 is 0 Å². The number of hydrogen-bond donors (Lipinski definition) is 1. The molecule has 0 bridgehead atoms. The third-order valence-electron chi connectivity index (χ3n) is 2.55. The molecular formula is C12H13ClO2. The third kappa shape index (κ3) is 1.59. The first-order valence-corrected chi connectivity index (χ1v) is 5.41. The van der Waals surface area contributed by atoms with Crippen molar-refractivity contribution in [3.05, 3.63) is 28.5 Å². The second kappa shape index (κ2) is 3.78. The molecule has 2 rings (SSSR count). The molecule has 2 nitrogen and oxygen atoms in total. The molecule has 80 valence electrons. The molecule has 0 amide bonds. The summed E-state index contributed by atoms with van der Waals surface area (Å²) in [6, 6.07) is 1.78. The van der Waals surface area contributed by atoms with Crippen LogP contribution in [0.25, 0.3) is 11.0 Å². The van der Waals surface area contributed by atoms with Crippen LogP contribution in [0.1, 0.15) is 24.5 Å². The Bertz CT molecular complexity index is 500. The van der Waals surface area contributed by atoms with Crippen molar-refractivity contribution in [2.45, 2.75) is 26.7 Å². The summed E-state index contributed by atoms with van der Waals surface area (Å²) in [5.41, 5.74) is 2.38. The van der Waals surface area contributed by atoms with Gasteiger partial charge in [0.15, 0.2) is 5.58 Å². The Morgan fingerprint density at radius 2 is 2.20 bits per heavy atom. The summed E-state index contributed by atoms with van der Waals surface area (Å²) in [5.74, 6) is 0.308.